The second-order valence-corrected chi connectivity index (χ2v) is 7.88. The number of aryl methyl sites for hydroxylation is 1. The monoisotopic (exact) mass is 418 g/mol. The van der Waals surface area contributed by atoms with E-state index in [1.165, 1.54) is 19.3 Å². The summed E-state index contributed by atoms with van der Waals surface area (Å²) >= 11 is 0. The summed E-state index contributed by atoms with van der Waals surface area (Å²) in [5.74, 6) is 0.466. The maximum atomic E-state index is 12.1. The quantitative estimate of drug-likeness (QED) is 0.657. The number of carbonyl (C=O) groups is 2. The first-order valence-corrected chi connectivity index (χ1v) is 10.2. The van der Waals surface area contributed by atoms with Crippen LogP contribution >= 0.6 is 0 Å². The van der Waals surface area contributed by atoms with E-state index in [1.807, 2.05) is 36.2 Å². The molecule has 0 saturated carbocycles. The third-order valence-corrected chi connectivity index (χ3v) is 6.12. The molecule has 1 aliphatic heterocycles. The standard InChI is InChI=1S/C23H26N6O2/c1-5-18(31)29-11-10-16(12-29)21-19(20-22(24)25-13-26-23(20)28(21)4)15-6-8-17(9-7-15)27(3)14(2)30/h5-9,13,16H,1,10-12H2,2-4H3,(H2,24,25,26). The normalized spacial score (nSPS) is 16.0. The van der Waals surface area contributed by atoms with E-state index in [-0.39, 0.29) is 17.7 Å². The topological polar surface area (TPSA) is 97.3 Å². The van der Waals surface area contributed by atoms with E-state index < -0.39 is 0 Å². The van der Waals surface area contributed by atoms with Crippen molar-refractivity contribution in [1.82, 2.24) is 19.4 Å². The number of hydrogen-bond acceptors (Lipinski definition) is 5. The van der Waals surface area contributed by atoms with Crippen molar-refractivity contribution in [3.63, 3.8) is 0 Å². The van der Waals surface area contributed by atoms with Gasteiger partial charge in [0, 0.05) is 57.0 Å². The minimum atomic E-state index is -0.0567. The summed E-state index contributed by atoms with van der Waals surface area (Å²) in [6.45, 7) is 6.43. The third-order valence-electron chi connectivity index (χ3n) is 6.12. The Kier molecular flexibility index (Phi) is 5.22. The van der Waals surface area contributed by atoms with E-state index in [2.05, 4.69) is 21.1 Å². The van der Waals surface area contributed by atoms with Gasteiger partial charge in [-0.3, -0.25) is 9.59 Å². The van der Waals surface area contributed by atoms with Crippen LogP contribution in [-0.4, -0.2) is 51.4 Å². The predicted octanol–water partition coefficient (Wildman–Crippen LogP) is 2.70. The van der Waals surface area contributed by atoms with Crippen molar-refractivity contribution in [2.24, 2.45) is 7.05 Å². The zero-order chi connectivity index (χ0) is 22.3. The number of hydrogen-bond donors (Lipinski definition) is 1. The molecular formula is C23H26N6O2. The average Bonchev–Trinajstić information content (AvgIpc) is 3.36. The highest BCUT2D eigenvalue weighted by atomic mass is 16.2. The van der Waals surface area contributed by atoms with E-state index in [0.717, 1.165) is 40.0 Å². The van der Waals surface area contributed by atoms with Crippen LogP contribution in [0.4, 0.5) is 11.5 Å². The number of anilines is 2. The molecule has 4 rings (SSSR count). The first-order chi connectivity index (χ1) is 14.8. The smallest absolute Gasteiger partial charge is 0.245 e. The molecule has 8 heteroatoms. The molecule has 3 heterocycles. The van der Waals surface area contributed by atoms with Gasteiger partial charge < -0.3 is 20.1 Å². The fourth-order valence-electron chi connectivity index (χ4n) is 4.41. The molecule has 2 aromatic heterocycles. The summed E-state index contributed by atoms with van der Waals surface area (Å²) in [4.78, 5) is 36.0. The molecule has 0 spiro atoms. The molecule has 8 nitrogen and oxygen atoms in total. The van der Waals surface area contributed by atoms with Gasteiger partial charge in [-0.15, -0.1) is 0 Å². The van der Waals surface area contributed by atoms with Gasteiger partial charge in [0.25, 0.3) is 0 Å². The molecule has 1 aliphatic rings. The second kappa shape index (κ2) is 7.86. The Balaban J connectivity index is 1.86. The van der Waals surface area contributed by atoms with Gasteiger partial charge >= 0.3 is 0 Å². The summed E-state index contributed by atoms with van der Waals surface area (Å²) in [5, 5.41) is 0.807. The van der Waals surface area contributed by atoms with E-state index in [0.29, 0.717) is 18.9 Å². The first-order valence-electron chi connectivity index (χ1n) is 10.2. The highest BCUT2D eigenvalue weighted by molar-refractivity contribution is 6.03. The summed E-state index contributed by atoms with van der Waals surface area (Å²) in [6.07, 6.45) is 3.67. The van der Waals surface area contributed by atoms with Crippen LogP contribution in [0.25, 0.3) is 22.2 Å². The Morgan fingerprint density at radius 3 is 2.61 bits per heavy atom. The Morgan fingerprint density at radius 1 is 1.26 bits per heavy atom. The lowest BCUT2D eigenvalue weighted by Gasteiger charge is -2.18. The summed E-state index contributed by atoms with van der Waals surface area (Å²) in [6, 6.07) is 7.81. The number of rotatable bonds is 4. The second-order valence-electron chi connectivity index (χ2n) is 7.88. The Morgan fingerprint density at radius 2 is 1.97 bits per heavy atom. The molecule has 31 heavy (non-hydrogen) atoms. The van der Waals surface area contributed by atoms with Gasteiger partial charge in [-0.25, -0.2) is 9.97 Å². The molecular weight excluding hydrogens is 392 g/mol. The molecule has 3 aromatic rings. The van der Waals surface area contributed by atoms with E-state index in [9.17, 15) is 9.59 Å². The molecule has 1 unspecified atom stereocenters. The first kappa shape index (κ1) is 20.6. The van der Waals surface area contributed by atoms with Gasteiger partial charge in [-0.05, 0) is 30.2 Å². The average molecular weight is 419 g/mol. The summed E-state index contributed by atoms with van der Waals surface area (Å²) in [7, 11) is 3.72. The van der Waals surface area contributed by atoms with Crippen molar-refractivity contribution in [2.75, 3.05) is 30.8 Å². The minimum Gasteiger partial charge on any atom is -0.383 e. The van der Waals surface area contributed by atoms with Gasteiger partial charge in [0.05, 0.1) is 5.39 Å². The number of aromatic nitrogens is 3. The van der Waals surface area contributed by atoms with E-state index in [1.54, 1.807) is 11.9 Å². The maximum Gasteiger partial charge on any atom is 0.245 e. The van der Waals surface area contributed by atoms with Gasteiger partial charge in [0.2, 0.25) is 11.8 Å². The molecule has 0 aliphatic carbocycles. The molecule has 1 saturated heterocycles. The predicted molar refractivity (Wildman–Crippen MR) is 122 cm³/mol. The van der Waals surface area contributed by atoms with E-state index in [4.69, 9.17) is 5.73 Å². The number of nitrogens with zero attached hydrogens (tertiary/aromatic N) is 5. The van der Waals surface area contributed by atoms with Crippen LogP contribution in [0.5, 0.6) is 0 Å². The Hall–Kier alpha value is -3.68. The number of amides is 2. The molecule has 160 valence electrons. The number of nitrogens with two attached hydrogens (primary N) is 1. The zero-order valence-electron chi connectivity index (χ0n) is 18.0. The van der Waals surface area contributed by atoms with Crippen LogP contribution in [0.1, 0.15) is 25.0 Å². The maximum absolute atomic E-state index is 12.1. The van der Waals surface area contributed by atoms with Crippen molar-refractivity contribution in [3.05, 3.63) is 48.9 Å². The Labute approximate surface area is 181 Å². The molecule has 0 bridgehead atoms. The number of fused-ring (bicyclic) bond motifs is 1. The molecule has 1 aromatic carbocycles. The van der Waals surface area contributed by atoms with Crippen LogP contribution in [0.3, 0.4) is 0 Å². The van der Waals surface area contributed by atoms with Crippen molar-refractivity contribution in [1.29, 1.82) is 0 Å². The van der Waals surface area contributed by atoms with Crippen LogP contribution in [0, 0.1) is 0 Å². The number of carbonyl (C=O) groups excluding carboxylic acids is 2. The van der Waals surface area contributed by atoms with E-state index >= 15 is 0 Å². The Bertz CT molecular complexity index is 1180. The largest absolute Gasteiger partial charge is 0.383 e. The fourth-order valence-corrected chi connectivity index (χ4v) is 4.41. The lowest BCUT2D eigenvalue weighted by atomic mass is 9.94. The van der Waals surface area contributed by atoms with Crippen LogP contribution in [-0.2, 0) is 16.6 Å². The SMILES string of the molecule is C=CC(=O)N1CCC(c2c(-c3ccc(N(C)C(C)=O)cc3)c3c(N)ncnc3n2C)C1. The molecule has 1 atom stereocenters. The highest BCUT2D eigenvalue weighted by Gasteiger charge is 2.32. The lowest BCUT2D eigenvalue weighted by molar-refractivity contribution is -0.125. The van der Waals surface area contributed by atoms with Crippen LogP contribution < -0.4 is 10.6 Å². The number of likely N-dealkylation sites (tertiary alicyclic amines) is 1. The van der Waals surface area contributed by atoms with Gasteiger partial charge in [0.15, 0.2) is 0 Å². The number of nitrogen functional groups attached to an aromatic ring is 1. The zero-order valence-corrected chi connectivity index (χ0v) is 18.0. The van der Waals surface area contributed by atoms with Crippen molar-refractivity contribution < 1.29 is 9.59 Å². The highest BCUT2D eigenvalue weighted by Crippen LogP contribution is 2.42. The molecule has 0 radical (unpaired) electrons. The van der Waals surface area contributed by atoms with Crippen molar-refractivity contribution >= 4 is 34.4 Å². The minimum absolute atomic E-state index is 0.0332. The molecule has 1 fully saturated rings. The third kappa shape index (κ3) is 3.43. The van der Waals surface area contributed by atoms with Crippen molar-refractivity contribution in [3.8, 4) is 11.1 Å². The fraction of sp³-hybridized carbons (Fsp3) is 0.304. The molecule has 2 amide bonds. The van der Waals surface area contributed by atoms with Crippen LogP contribution in [0.2, 0.25) is 0 Å². The molecule has 2 N–H and O–H groups in total. The van der Waals surface area contributed by atoms with Gasteiger partial charge in [-0.1, -0.05) is 18.7 Å². The number of benzene rings is 1. The van der Waals surface area contributed by atoms with Crippen LogP contribution in [0.15, 0.2) is 43.2 Å². The van der Waals surface area contributed by atoms with Gasteiger partial charge in [0.1, 0.15) is 17.8 Å². The van der Waals surface area contributed by atoms with Gasteiger partial charge in [-0.2, -0.15) is 0 Å². The summed E-state index contributed by atoms with van der Waals surface area (Å²) in [5.41, 5.74) is 10.9. The van der Waals surface area contributed by atoms with Crippen molar-refractivity contribution in [2.45, 2.75) is 19.3 Å². The summed E-state index contributed by atoms with van der Waals surface area (Å²) < 4.78 is 2.06. The lowest BCUT2D eigenvalue weighted by Crippen LogP contribution is -2.26.